The molecule has 2 rings (SSSR count). The molecule has 1 amide bonds. The van der Waals surface area contributed by atoms with Crippen LogP contribution in [-0.2, 0) is 4.84 Å². The Kier molecular flexibility index (Phi) is 6.18. The molecule has 0 atom stereocenters. The molecule has 6 nitrogen and oxygen atoms in total. The largest absolute Gasteiger partial charge is 0.394 e. The molecule has 0 radical (unpaired) electrons. The van der Waals surface area contributed by atoms with Crippen molar-refractivity contribution in [3.8, 4) is 0 Å². The molecule has 0 saturated carbocycles. The smallest absolute Gasteiger partial charge is 0.277 e. The van der Waals surface area contributed by atoms with Crippen molar-refractivity contribution >= 4 is 33.3 Å². The maximum atomic E-state index is 14.2. The topological polar surface area (TPSA) is 83.5 Å². The lowest BCUT2D eigenvalue weighted by molar-refractivity contribution is 0.0168. The Labute approximate surface area is 144 Å². The number of hydrogen-bond acceptors (Lipinski definition) is 5. The number of hydrogen-bond donors (Lipinski definition) is 3. The Hall–Kier alpha value is -2.10. The molecule has 2 aromatic rings. The monoisotopic (exact) mass is 401 g/mol. The second-order valence-electron chi connectivity index (χ2n) is 4.76. The van der Waals surface area contributed by atoms with Crippen molar-refractivity contribution in [3.05, 3.63) is 51.6 Å². The number of carbonyl (C=O) groups is 1. The predicted molar refractivity (Wildman–Crippen MR) is 86.8 cm³/mol. The number of aromatic nitrogens is 1. The molecule has 0 saturated heterocycles. The number of nitrogens with zero attached hydrogens (tertiary/aromatic N) is 1. The summed E-state index contributed by atoms with van der Waals surface area (Å²) in [5.41, 5.74) is 2.34. The minimum Gasteiger partial charge on any atom is -0.394 e. The highest BCUT2D eigenvalue weighted by atomic mass is 79.9. The lowest BCUT2D eigenvalue weighted by atomic mass is 10.1. The van der Waals surface area contributed by atoms with Gasteiger partial charge in [-0.05, 0) is 46.6 Å². The highest BCUT2D eigenvalue weighted by Gasteiger charge is 2.20. The van der Waals surface area contributed by atoms with E-state index in [-0.39, 0.29) is 30.3 Å². The van der Waals surface area contributed by atoms with Gasteiger partial charge in [0.2, 0.25) is 0 Å². The zero-order chi connectivity index (χ0) is 17.7. The van der Waals surface area contributed by atoms with Crippen molar-refractivity contribution in [1.82, 2.24) is 10.5 Å². The first-order valence-electron chi connectivity index (χ1n) is 6.84. The molecule has 3 N–H and O–H groups in total. The van der Waals surface area contributed by atoms with E-state index in [2.05, 4.69) is 26.2 Å². The van der Waals surface area contributed by atoms with E-state index in [0.29, 0.717) is 4.47 Å². The van der Waals surface area contributed by atoms with Gasteiger partial charge in [0.15, 0.2) is 11.6 Å². The standard InChI is InChI=1S/C15H14BrF2N3O3/c1-8-6-10(16)14(19-7-8)20-13-9(2-3-11(17)12(13)18)15(23)21-24-5-4-22/h2-3,6-7,22H,4-5H2,1H3,(H,19,20)(H,21,23). The summed E-state index contributed by atoms with van der Waals surface area (Å²) < 4.78 is 28.2. The van der Waals surface area contributed by atoms with Gasteiger partial charge in [0.05, 0.1) is 28.9 Å². The van der Waals surface area contributed by atoms with Crippen LogP contribution < -0.4 is 10.8 Å². The van der Waals surface area contributed by atoms with Crippen molar-refractivity contribution < 1.29 is 23.5 Å². The van der Waals surface area contributed by atoms with E-state index in [1.54, 1.807) is 6.07 Å². The summed E-state index contributed by atoms with van der Waals surface area (Å²) in [6, 6.07) is 3.68. The molecule has 0 aliphatic carbocycles. The van der Waals surface area contributed by atoms with Crippen LogP contribution in [0.3, 0.4) is 0 Å². The average Bonchev–Trinajstić information content (AvgIpc) is 2.54. The zero-order valence-corrected chi connectivity index (χ0v) is 14.2. The van der Waals surface area contributed by atoms with Gasteiger partial charge in [0.25, 0.3) is 5.91 Å². The molecule has 0 spiro atoms. The summed E-state index contributed by atoms with van der Waals surface area (Å²) in [5, 5.41) is 11.2. The number of amides is 1. The fourth-order valence-electron chi connectivity index (χ4n) is 1.82. The van der Waals surface area contributed by atoms with Gasteiger partial charge in [-0.3, -0.25) is 9.63 Å². The van der Waals surface area contributed by atoms with E-state index in [4.69, 9.17) is 9.94 Å². The number of anilines is 2. The van der Waals surface area contributed by atoms with Gasteiger partial charge in [-0.15, -0.1) is 0 Å². The number of rotatable bonds is 6. The minimum absolute atomic E-state index is 0.136. The van der Waals surface area contributed by atoms with Crippen molar-refractivity contribution in [1.29, 1.82) is 0 Å². The molecular formula is C15H14BrF2N3O3. The third kappa shape index (κ3) is 4.25. The van der Waals surface area contributed by atoms with Gasteiger partial charge >= 0.3 is 0 Å². The van der Waals surface area contributed by atoms with Crippen LogP contribution in [0.5, 0.6) is 0 Å². The lowest BCUT2D eigenvalue weighted by Crippen LogP contribution is -2.26. The van der Waals surface area contributed by atoms with Gasteiger partial charge in [0.1, 0.15) is 5.82 Å². The molecule has 1 aromatic carbocycles. The van der Waals surface area contributed by atoms with Crippen LogP contribution in [0.15, 0.2) is 28.9 Å². The Balaban J connectivity index is 2.36. The zero-order valence-electron chi connectivity index (χ0n) is 12.6. The SMILES string of the molecule is Cc1cnc(Nc2c(C(=O)NOCCO)ccc(F)c2F)c(Br)c1. The number of aryl methyl sites for hydroxylation is 1. The summed E-state index contributed by atoms with van der Waals surface area (Å²) in [6.07, 6.45) is 1.54. The summed E-state index contributed by atoms with van der Waals surface area (Å²) in [6.45, 7) is 1.38. The van der Waals surface area contributed by atoms with E-state index in [1.807, 2.05) is 12.4 Å². The second kappa shape index (κ2) is 8.13. The molecule has 0 aliphatic rings. The maximum Gasteiger partial charge on any atom is 0.277 e. The lowest BCUT2D eigenvalue weighted by Gasteiger charge is -2.14. The van der Waals surface area contributed by atoms with Crippen molar-refractivity contribution in [2.45, 2.75) is 6.92 Å². The number of carbonyl (C=O) groups excluding carboxylic acids is 1. The van der Waals surface area contributed by atoms with Crippen LogP contribution in [0.4, 0.5) is 20.3 Å². The first-order valence-corrected chi connectivity index (χ1v) is 7.63. The third-order valence-electron chi connectivity index (χ3n) is 2.92. The number of nitrogens with one attached hydrogen (secondary N) is 2. The molecular weight excluding hydrogens is 388 g/mol. The van der Waals surface area contributed by atoms with Crippen LogP contribution in [0, 0.1) is 18.6 Å². The van der Waals surface area contributed by atoms with Crippen LogP contribution in [0.25, 0.3) is 0 Å². The molecule has 128 valence electrons. The minimum atomic E-state index is -1.22. The van der Waals surface area contributed by atoms with E-state index >= 15 is 0 Å². The summed E-state index contributed by atoms with van der Waals surface area (Å²) in [4.78, 5) is 20.8. The maximum absolute atomic E-state index is 14.2. The average molecular weight is 402 g/mol. The number of aliphatic hydroxyl groups excluding tert-OH is 1. The van der Waals surface area contributed by atoms with Crippen LogP contribution in [0.2, 0.25) is 0 Å². The summed E-state index contributed by atoms with van der Waals surface area (Å²) in [5.74, 6) is -2.92. The Morgan fingerprint density at radius 3 is 2.83 bits per heavy atom. The number of pyridine rings is 1. The van der Waals surface area contributed by atoms with Gasteiger partial charge in [0, 0.05) is 6.20 Å². The normalized spacial score (nSPS) is 10.5. The fourth-order valence-corrected chi connectivity index (χ4v) is 2.39. The summed E-state index contributed by atoms with van der Waals surface area (Å²) >= 11 is 3.27. The third-order valence-corrected chi connectivity index (χ3v) is 3.52. The molecule has 0 aliphatic heterocycles. The van der Waals surface area contributed by atoms with Crippen molar-refractivity contribution in [2.75, 3.05) is 18.5 Å². The Morgan fingerprint density at radius 1 is 1.42 bits per heavy atom. The van der Waals surface area contributed by atoms with Gasteiger partial charge in [-0.2, -0.15) is 0 Å². The Morgan fingerprint density at radius 2 is 2.17 bits per heavy atom. The van der Waals surface area contributed by atoms with Crippen LogP contribution in [-0.4, -0.2) is 29.2 Å². The second-order valence-corrected chi connectivity index (χ2v) is 5.61. The van der Waals surface area contributed by atoms with Crippen molar-refractivity contribution in [3.63, 3.8) is 0 Å². The number of aliphatic hydroxyl groups is 1. The number of halogens is 3. The van der Waals surface area contributed by atoms with Gasteiger partial charge in [-0.1, -0.05) is 0 Å². The molecule has 1 heterocycles. The van der Waals surface area contributed by atoms with E-state index < -0.39 is 17.5 Å². The molecule has 9 heteroatoms. The molecule has 0 bridgehead atoms. The van der Waals surface area contributed by atoms with Crippen LogP contribution in [0.1, 0.15) is 15.9 Å². The quantitative estimate of drug-likeness (QED) is 0.512. The number of hydroxylamine groups is 1. The highest BCUT2D eigenvalue weighted by Crippen LogP contribution is 2.29. The predicted octanol–water partition coefficient (Wildman–Crippen LogP) is 2.83. The molecule has 0 fully saturated rings. The molecule has 0 unspecified atom stereocenters. The Bertz CT molecular complexity index is 759. The highest BCUT2D eigenvalue weighted by molar-refractivity contribution is 9.10. The summed E-state index contributed by atoms with van der Waals surface area (Å²) in [7, 11) is 0. The van der Waals surface area contributed by atoms with E-state index in [9.17, 15) is 13.6 Å². The van der Waals surface area contributed by atoms with Crippen molar-refractivity contribution in [2.24, 2.45) is 0 Å². The fraction of sp³-hybridized carbons (Fsp3) is 0.200. The first kappa shape index (κ1) is 18.2. The van der Waals surface area contributed by atoms with Gasteiger partial charge < -0.3 is 10.4 Å². The van der Waals surface area contributed by atoms with Crippen LogP contribution >= 0.6 is 15.9 Å². The number of benzene rings is 1. The molecule has 24 heavy (non-hydrogen) atoms. The van der Waals surface area contributed by atoms with E-state index in [1.165, 1.54) is 6.20 Å². The van der Waals surface area contributed by atoms with Gasteiger partial charge in [-0.25, -0.2) is 19.2 Å². The van der Waals surface area contributed by atoms with E-state index in [0.717, 1.165) is 17.7 Å². The first-order chi connectivity index (χ1) is 11.4. The molecule has 1 aromatic heterocycles.